The number of nitrogens with zero attached hydrogens (tertiary/aromatic N) is 1. The van der Waals surface area contributed by atoms with Gasteiger partial charge in [-0.05, 0) is 25.8 Å². The first-order valence-corrected chi connectivity index (χ1v) is 7.83. The lowest BCUT2D eigenvalue weighted by Gasteiger charge is -2.47. The molecule has 3 heteroatoms. The fourth-order valence-electron chi connectivity index (χ4n) is 3.79. The van der Waals surface area contributed by atoms with Crippen molar-refractivity contribution in [3.8, 4) is 0 Å². The highest BCUT2D eigenvalue weighted by Gasteiger charge is 2.40. The topological polar surface area (TPSA) is 24.5 Å². The van der Waals surface area contributed by atoms with E-state index >= 15 is 0 Å². The van der Waals surface area contributed by atoms with E-state index in [0.717, 1.165) is 13.1 Å². The number of benzene rings is 1. The van der Waals surface area contributed by atoms with E-state index in [1.165, 1.54) is 36.9 Å². The lowest BCUT2D eigenvalue weighted by atomic mass is 9.91. The predicted octanol–water partition coefficient (Wildman–Crippen LogP) is 2.94. The number of hydrogen-bond acceptors (Lipinski definition) is 3. The Hall–Kier alpha value is -1.06. The molecule has 0 amide bonds. The Labute approximate surface area is 122 Å². The second kappa shape index (κ2) is 5.74. The van der Waals surface area contributed by atoms with E-state index in [1.807, 2.05) is 0 Å². The minimum Gasteiger partial charge on any atom is -0.380 e. The van der Waals surface area contributed by atoms with Crippen LogP contribution < -0.4 is 10.2 Å². The van der Waals surface area contributed by atoms with E-state index in [4.69, 9.17) is 4.74 Å². The molecule has 3 nitrogen and oxygen atoms in total. The molecular weight excluding hydrogens is 248 g/mol. The van der Waals surface area contributed by atoms with Crippen LogP contribution >= 0.6 is 0 Å². The van der Waals surface area contributed by atoms with Gasteiger partial charge in [-0.2, -0.15) is 0 Å². The highest BCUT2D eigenvalue weighted by molar-refractivity contribution is 5.55. The first-order valence-electron chi connectivity index (χ1n) is 7.83. The molecule has 0 aromatic heterocycles. The maximum Gasteiger partial charge on any atom is 0.0733 e. The minimum atomic E-state index is 0.354. The molecule has 1 heterocycles. The van der Waals surface area contributed by atoms with E-state index in [1.54, 1.807) is 7.11 Å². The first-order chi connectivity index (χ1) is 9.74. The van der Waals surface area contributed by atoms with Crippen molar-refractivity contribution in [1.29, 1.82) is 0 Å². The van der Waals surface area contributed by atoms with Crippen molar-refractivity contribution in [2.75, 3.05) is 25.1 Å². The van der Waals surface area contributed by atoms with Crippen molar-refractivity contribution >= 4 is 5.69 Å². The Kier molecular flexibility index (Phi) is 3.99. The summed E-state index contributed by atoms with van der Waals surface area (Å²) in [6, 6.07) is 9.23. The number of ether oxygens (including phenoxy) is 1. The molecule has 1 saturated carbocycles. The fraction of sp³-hybridized carbons (Fsp3) is 0.647. The van der Waals surface area contributed by atoms with Gasteiger partial charge in [0.2, 0.25) is 0 Å². The van der Waals surface area contributed by atoms with Gasteiger partial charge in [-0.15, -0.1) is 0 Å². The van der Waals surface area contributed by atoms with Gasteiger partial charge in [-0.1, -0.05) is 31.0 Å². The van der Waals surface area contributed by atoms with Gasteiger partial charge >= 0.3 is 0 Å². The lowest BCUT2D eigenvalue weighted by Crippen LogP contribution is -2.62. The van der Waals surface area contributed by atoms with Crippen molar-refractivity contribution in [2.24, 2.45) is 0 Å². The normalized spacial score (nSPS) is 25.3. The molecule has 1 aliphatic carbocycles. The second-order valence-electron chi connectivity index (χ2n) is 6.41. The van der Waals surface area contributed by atoms with E-state index in [0.29, 0.717) is 18.2 Å². The molecule has 1 aliphatic heterocycles. The highest BCUT2D eigenvalue weighted by atomic mass is 16.5. The standard InChI is InChI=1S/C17H26N2O/c1-14-11-18-17(9-5-6-10-17)13-19(14)16-8-4-3-7-15(16)12-20-2/h3-4,7-8,14,18H,5-6,9-13H2,1-2H3. The highest BCUT2D eigenvalue weighted by Crippen LogP contribution is 2.36. The third-order valence-electron chi connectivity index (χ3n) is 4.94. The summed E-state index contributed by atoms with van der Waals surface area (Å²) in [6.45, 7) is 5.23. The summed E-state index contributed by atoms with van der Waals surface area (Å²) in [7, 11) is 1.77. The third kappa shape index (κ3) is 2.57. The van der Waals surface area contributed by atoms with Crippen LogP contribution in [0.15, 0.2) is 24.3 Å². The summed E-state index contributed by atoms with van der Waals surface area (Å²) in [6.07, 6.45) is 5.38. The Morgan fingerprint density at radius 3 is 2.80 bits per heavy atom. The average Bonchev–Trinajstić information content (AvgIpc) is 2.92. The average molecular weight is 274 g/mol. The van der Waals surface area contributed by atoms with E-state index in [9.17, 15) is 0 Å². The summed E-state index contributed by atoms with van der Waals surface area (Å²) in [5.74, 6) is 0. The van der Waals surface area contributed by atoms with Gasteiger partial charge in [0, 0.05) is 43.0 Å². The maximum absolute atomic E-state index is 5.37. The smallest absolute Gasteiger partial charge is 0.0733 e. The number of nitrogens with one attached hydrogen (secondary N) is 1. The Morgan fingerprint density at radius 1 is 1.30 bits per heavy atom. The third-order valence-corrected chi connectivity index (χ3v) is 4.94. The molecule has 3 rings (SSSR count). The Bertz CT molecular complexity index is 454. The van der Waals surface area contributed by atoms with Crippen molar-refractivity contribution in [2.45, 2.75) is 50.8 Å². The van der Waals surface area contributed by atoms with Crippen LogP contribution in [0, 0.1) is 0 Å². The van der Waals surface area contributed by atoms with Crippen molar-refractivity contribution < 1.29 is 4.74 Å². The van der Waals surface area contributed by atoms with Gasteiger partial charge in [-0.3, -0.25) is 0 Å². The molecule has 2 aliphatic rings. The molecule has 110 valence electrons. The number of piperazine rings is 1. The molecule has 0 radical (unpaired) electrons. The molecule has 1 saturated heterocycles. The van der Waals surface area contributed by atoms with Crippen LogP contribution in [-0.2, 0) is 11.3 Å². The van der Waals surface area contributed by atoms with Crippen LogP contribution in [0.3, 0.4) is 0 Å². The van der Waals surface area contributed by atoms with Gasteiger partial charge in [0.15, 0.2) is 0 Å². The maximum atomic E-state index is 5.37. The van der Waals surface area contributed by atoms with Gasteiger partial charge in [0.25, 0.3) is 0 Å². The number of hydrogen-bond donors (Lipinski definition) is 1. The van der Waals surface area contributed by atoms with Gasteiger partial charge in [0.05, 0.1) is 6.61 Å². The zero-order valence-electron chi connectivity index (χ0n) is 12.7. The molecule has 1 aromatic rings. The minimum absolute atomic E-state index is 0.354. The molecule has 2 fully saturated rings. The fourth-order valence-corrected chi connectivity index (χ4v) is 3.79. The first kappa shape index (κ1) is 13.9. The Morgan fingerprint density at radius 2 is 2.05 bits per heavy atom. The zero-order chi connectivity index (χ0) is 14.0. The second-order valence-corrected chi connectivity index (χ2v) is 6.41. The van der Waals surface area contributed by atoms with E-state index in [2.05, 4.69) is 41.4 Å². The summed E-state index contributed by atoms with van der Waals surface area (Å²) >= 11 is 0. The molecule has 1 N–H and O–H groups in total. The predicted molar refractivity (Wildman–Crippen MR) is 83.2 cm³/mol. The quantitative estimate of drug-likeness (QED) is 0.917. The lowest BCUT2D eigenvalue weighted by molar-refractivity contribution is 0.184. The zero-order valence-corrected chi connectivity index (χ0v) is 12.7. The number of anilines is 1. The van der Waals surface area contributed by atoms with Crippen LogP contribution in [0.1, 0.15) is 38.2 Å². The molecule has 20 heavy (non-hydrogen) atoms. The number of para-hydroxylation sites is 1. The molecular formula is C17H26N2O. The van der Waals surface area contributed by atoms with Gasteiger partial charge in [-0.25, -0.2) is 0 Å². The SMILES string of the molecule is COCc1ccccc1N1CC2(CCCC2)NCC1C. The van der Waals surface area contributed by atoms with E-state index < -0.39 is 0 Å². The van der Waals surface area contributed by atoms with Crippen LogP contribution in [-0.4, -0.2) is 31.8 Å². The number of methoxy groups -OCH3 is 1. The molecule has 1 aromatic carbocycles. The largest absolute Gasteiger partial charge is 0.380 e. The Balaban J connectivity index is 1.87. The van der Waals surface area contributed by atoms with Crippen molar-refractivity contribution in [3.63, 3.8) is 0 Å². The molecule has 0 bridgehead atoms. The van der Waals surface area contributed by atoms with E-state index in [-0.39, 0.29) is 0 Å². The molecule has 1 atom stereocenters. The monoisotopic (exact) mass is 274 g/mol. The summed E-state index contributed by atoms with van der Waals surface area (Å²) in [5.41, 5.74) is 3.01. The van der Waals surface area contributed by atoms with Crippen LogP contribution in [0.5, 0.6) is 0 Å². The van der Waals surface area contributed by atoms with Crippen molar-refractivity contribution in [1.82, 2.24) is 5.32 Å². The number of rotatable bonds is 3. The molecule has 1 unspecified atom stereocenters. The van der Waals surface area contributed by atoms with Crippen LogP contribution in [0.2, 0.25) is 0 Å². The van der Waals surface area contributed by atoms with Gasteiger partial charge < -0.3 is 15.0 Å². The summed E-state index contributed by atoms with van der Waals surface area (Å²) < 4.78 is 5.37. The van der Waals surface area contributed by atoms with Crippen LogP contribution in [0.25, 0.3) is 0 Å². The molecule has 1 spiro atoms. The van der Waals surface area contributed by atoms with Crippen LogP contribution in [0.4, 0.5) is 5.69 Å². The summed E-state index contributed by atoms with van der Waals surface area (Å²) in [4.78, 5) is 2.59. The summed E-state index contributed by atoms with van der Waals surface area (Å²) in [5, 5.41) is 3.82. The van der Waals surface area contributed by atoms with Gasteiger partial charge in [0.1, 0.15) is 0 Å². The van der Waals surface area contributed by atoms with Crippen molar-refractivity contribution in [3.05, 3.63) is 29.8 Å².